The number of hydrogen-bond donors (Lipinski definition) is 1. The molecule has 0 aliphatic carbocycles. The van der Waals surface area contributed by atoms with E-state index in [2.05, 4.69) is 50.3 Å². The van der Waals surface area contributed by atoms with Crippen LogP contribution in [0.15, 0.2) is 36.5 Å². The van der Waals surface area contributed by atoms with E-state index in [1.807, 2.05) is 0 Å². The van der Waals surface area contributed by atoms with Gasteiger partial charge in [0.2, 0.25) is 0 Å². The van der Waals surface area contributed by atoms with Crippen LogP contribution >= 0.6 is 0 Å². The first-order valence-corrected chi connectivity index (χ1v) is 20.5. The lowest BCUT2D eigenvalue weighted by Crippen LogP contribution is -2.28. The van der Waals surface area contributed by atoms with Gasteiger partial charge in [0.1, 0.15) is 6.61 Å². The van der Waals surface area contributed by atoms with Crippen molar-refractivity contribution in [3.05, 3.63) is 36.5 Å². The molecule has 48 heavy (non-hydrogen) atoms. The van der Waals surface area contributed by atoms with Crippen LogP contribution in [0.3, 0.4) is 0 Å². The molecule has 280 valence electrons. The van der Waals surface area contributed by atoms with Crippen molar-refractivity contribution in [2.45, 2.75) is 213 Å². The van der Waals surface area contributed by atoms with Gasteiger partial charge in [-0.3, -0.25) is 9.59 Å². The Morgan fingerprint density at radius 1 is 0.479 bits per heavy atom. The molecule has 0 fully saturated rings. The van der Waals surface area contributed by atoms with Crippen molar-refractivity contribution in [1.29, 1.82) is 0 Å². The van der Waals surface area contributed by atoms with Crippen molar-refractivity contribution >= 4 is 11.9 Å². The molecule has 0 bridgehead atoms. The molecule has 0 aliphatic rings. The summed E-state index contributed by atoms with van der Waals surface area (Å²) in [7, 11) is 0. The predicted molar refractivity (Wildman–Crippen MR) is 205 cm³/mol. The van der Waals surface area contributed by atoms with Crippen LogP contribution in [0.25, 0.3) is 0 Å². The predicted octanol–water partition coefficient (Wildman–Crippen LogP) is 12.8. The second-order valence-electron chi connectivity index (χ2n) is 13.7. The summed E-state index contributed by atoms with van der Waals surface area (Å²) in [4.78, 5) is 24.2. The van der Waals surface area contributed by atoms with Crippen molar-refractivity contribution < 1.29 is 24.2 Å². The maximum atomic E-state index is 12.1. The fourth-order valence-electron chi connectivity index (χ4n) is 5.80. The van der Waals surface area contributed by atoms with E-state index < -0.39 is 6.10 Å². The molecule has 5 nitrogen and oxygen atoms in total. The number of ether oxygens (including phenoxy) is 2. The molecular weight excluding hydrogens is 596 g/mol. The number of aliphatic hydroxyl groups excluding tert-OH is 1. The smallest absolute Gasteiger partial charge is 0.306 e. The summed E-state index contributed by atoms with van der Waals surface area (Å²) in [5.74, 6) is -0.629. The van der Waals surface area contributed by atoms with Crippen LogP contribution in [-0.2, 0) is 19.1 Å². The molecule has 0 aromatic heterocycles. The molecule has 0 unspecified atom stereocenters. The highest BCUT2D eigenvalue weighted by molar-refractivity contribution is 5.70. The second kappa shape index (κ2) is 39.6. The molecule has 0 saturated heterocycles. The van der Waals surface area contributed by atoms with Crippen LogP contribution in [0.5, 0.6) is 0 Å². The monoisotopic (exact) mass is 675 g/mol. The van der Waals surface area contributed by atoms with Crippen molar-refractivity contribution in [1.82, 2.24) is 0 Å². The molecule has 1 N–H and O–H groups in total. The van der Waals surface area contributed by atoms with Crippen molar-refractivity contribution in [2.75, 3.05) is 13.2 Å². The molecule has 0 aromatic rings. The first-order chi connectivity index (χ1) is 23.6. The van der Waals surface area contributed by atoms with Gasteiger partial charge in [0, 0.05) is 12.8 Å². The highest BCUT2D eigenvalue weighted by Crippen LogP contribution is 2.15. The van der Waals surface area contributed by atoms with E-state index in [4.69, 9.17) is 9.47 Å². The molecule has 0 aliphatic heterocycles. The lowest BCUT2D eigenvalue weighted by Gasteiger charge is -2.15. The maximum Gasteiger partial charge on any atom is 0.306 e. The van der Waals surface area contributed by atoms with Gasteiger partial charge in [0.05, 0.1) is 6.61 Å². The van der Waals surface area contributed by atoms with E-state index in [-0.39, 0.29) is 25.2 Å². The van der Waals surface area contributed by atoms with E-state index in [0.29, 0.717) is 12.8 Å². The standard InChI is InChI=1S/C43H78O5/c1-3-5-7-9-11-13-15-17-19-20-21-22-24-25-27-29-31-33-35-37-42(45)47-40-41(39-44)48-43(46)38-36-34-32-30-28-26-23-18-16-14-12-10-8-6-4-2/h12,14,18,23,28,30,41,44H,3-11,13,15-17,19-22,24-27,29,31-40H2,1-2H3/b14-12-,23-18-,30-28-/t41-/m0/s1. The van der Waals surface area contributed by atoms with Crippen LogP contribution in [0, 0.1) is 0 Å². The Morgan fingerprint density at radius 3 is 1.29 bits per heavy atom. The number of carbonyl (C=O) groups excluding carboxylic acids is 2. The number of aliphatic hydroxyl groups is 1. The summed E-state index contributed by atoms with van der Waals surface area (Å²) in [6, 6.07) is 0. The Bertz CT molecular complexity index is 771. The lowest BCUT2D eigenvalue weighted by molar-refractivity contribution is -0.161. The van der Waals surface area contributed by atoms with Gasteiger partial charge in [-0.25, -0.2) is 0 Å². The largest absolute Gasteiger partial charge is 0.462 e. The van der Waals surface area contributed by atoms with Gasteiger partial charge in [-0.2, -0.15) is 0 Å². The first kappa shape index (κ1) is 46.1. The maximum absolute atomic E-state index is 12.1. The summed E-state index contributed by atoms with van der Waals surface area (Å²) >= 11 is 0. The lowest BCUT2D eigenvalue weighted by atomic mass is 10.0. The van der Waals surface area contributed by atoms with Gasteiger partial charge in [-0.15, -0.1) is 0 Å². The number of unbranched alkanes of at least 4 members (excludes halogenated alkanes) is 23. The number of esters is 2. The highest BCUT2D eigenvalue weighted by Gasteiger charge is 2.16. The van der Waals surface area contributed by atoms with E-state index >= 15 is 0 Å². The van der Waals surface area contributed by atoms with Crippen LogP contribution in [-0.4, -0.2) is 36.4 Å². The molecule has 0 rings (SSSR count). The minimum atomic E-state index is -0.788. The van der Waals surface area contributed by atoms with Crippen molar-refractivity contribution in [3.8, 4) is 0 Å². The molecule has 0 aromatic carbocycles. The molecule has 0 heterocycles. The third-order valence-electron chi connectivity index (χ3n) is 8.94. The average Bonchev–Trinajstić information content (AvgIpc) is 3.09. The minimum Gasteiger partial charge on any atom is -0.462 e. The van der Waals surface area contributed by atoms with Crippen LogP contribution in [0.2, 0.25) is 0 Å². The zero-order valence-electron chi connectivity index (χ0n) is 31.7. The summed E-state index contributed by atoms with van der Waals surface area (Å²) in [5.41, 5.74) is 0. The van der Waals surface area contributed by atoms with Gasteiger partial charge < -0.3 is 14.6 Å². The molecule has 0 radical (unpaired) electrons. The van der Waals surface area contributed by atoms with Crippen molar-refractivity contribution in [2.24, 2.45) is 0 Å². The normalized spacial score (nSPS) is 12.5. The average molecular weight is 675 g/mol. The first-order valence-electron chi connectivity index (χ1n) is 20.5. The van der Waals surface area contributed by atoms with Crippen LogP contribution in [0.1, 0.15) is 206 Å². The van der Waals surface area contributed by atoms with Crippen molar-refractivity contribution in [3.63, 3.8) is 0 Å². The summed E-state index contributed by atoms with van der Waals surface area (Å²) in [5, 5.41) is 9.55. The van der Waals surface area contributed by atoms with E-state index in [1.54, 1.807) is 0 Å². The highest BCUT2D eigenvalue weighted by atomic mass is 16.6. The van der Waals surface area contributed by atoms with E-state index in [1.165, 1.54) is 128 Å². The summed E-state index contributed by atoms with van der Waals surface area (Å²) in [6.45, 7) is 4.09. The summed E-state index contributed by atoms with van der Waals surface area (Å²) in [6.07, 6.45) is 47.8. The molecular formula is C43H78O5. The minimum absolute atomic E-state index is 0.0783. The summed E-state index contributed by atoms with van der Waals surface area (Å²) < 4.78 is 10.6. The Hall–Kier alpha value is -1.88. The fraction of sp³-hybridized carbons (Fsp3) is 0.814. The molecule has 0 saturated carbocycles. The van der Waals surface area contributed by atoms with E-state index in [0.717, 1.165) is 51.4 Å². The molecule has 0 amide bonds. The number of allylic oxidation sites excluding steroid dienone is 6. The third kappa shape index (κ3) is 36.9. The van der Waals surface area contributed by atoms with Gasteiger partial charge in [-0.1, -0.05) is 179 Å². The third-order valence-corrected chi connectivity index (χ3v) is 8.94. The number of rotatable bonds is 37. The van der Waals surface area contributed by atoms with E-state index in [9.17, 15) is 14.7 Å². The Kier molecular flexibility index (Phi) is 38.0. The molecule has 1 atom stereocenters. The topological polar surface area (TPSA) is 72.8 Å². The Morgan fingerprint density at radius 2 is 0.833 bits per heavy atom. The van der Waals surface area contributed by atoms with Gasteiger partial charge in [0.15, 0.2) is 6.10 Å². The fourth-order valence-corrected chi connectivity index (χ4v) is 5.80. The van der Waals surface area contributed by atoms with Crippen LogP contribution < -0.4 is 0 Å². The van der Waals surface area contributed by atoms with Crippen LogP contribution in [0.4, 0.5) is 0 Å². The SMILES string of the molecule is CCCCC/C=C\C/C=C\C/C=C\CCCCC(=O)O[C@@H](CO)COC(=O)CCCCCCCCCCCCCCCCCCCCC. The van der Waals surface area contributed by atoms with Gasteiger partial charge in [-0.05, 0) is 51.4 Å². The Labute approximate surface area is 297 Å². The number of carbonyl (C=O) groups is 2. The quantitative estimate of drug-likeness (QED) is 0.0403. The molecule has 5 heteroatoms. The number of hydrogen-bond acceptors (Lipinski definition) is 5. The zero-order valence-corrected chi connectivity index (χ0v) is 31.7. The second-order valence-corrected chi connectivity index (χ2v) is 13.7. The van der Waals surface area contributed by atoms with Gasteiger partial charge >= 0.3 is 11.9 Å². The Balaban J connectivity index is 3.56. The zero-order chi connectivity index (χ0) is 35.0. The van der Waals surface area contributed by atoms with Gasteiger partial charge in [0.25, 0.3) is 0 Å². The molecule has 0 spiro atoms.